The molecule has 1 saturated heterocycles. The van der Waals surface area contributed by atoms with E-state index in [4.69, 9.17) is 11.6 Å². The molecule has 3 rings (SSSR count). The fraction of sp³-hybridized carbons (Fsp3) is 0.882. The van der Waals surface area contributed by atoms with Gasteiger partial charge < -0.3 is 5.32 Å². The normalized spacial score (nSPS) is 48.2. The highest BCUT2D eigenvalue weighted by atomic mass is 35.5. The maximum atomic E-state index is 6.36. The lowest BCUT2D eigenvalue weighted by Crippen LogP contribution is -2.69. The largest absolute Gasteiger partial charge is 0.309 e. The maximum Gasteiger partial charge on any atom is 0.0954 e. The molecule has 0 bridgehead atoms. The highest BCUT2D eigenvalue weighted by molar-refractivity contribution is 6.20. The quantitative estimate of drug-likeness (QED) is 0.473. The number of fused-ring (bicyclic) bond motifs is 3. The molecule has 0 aromatic heterocycles. The van der Waals surface area contributed by atoms with Crippen molar-refractivity contribution in [2.24, 2.45) is 23.7 Å². The third-order valence-electron chi connectivity index (χ3n) is 6.15. The van der Waals surface area contributed by atoms with Crippen LogP contribution >= 0.6 is 11.6 Å². The summed E-state index contributed by atoms with van der Waals surface area (Å²) < 4.78 is 0. The highest BCUT2D eigenvalue weighted by Crippen LogP contribution is 2.48. The number of allylic oxidation sites excluding steroid dienone is 1. The van der Waals surface area contributed by atoms with Crippen molar-refractivity contribution in [3.8, 4) is 0 Å². The fourth-order valence-electron chi connectivity index (χ4n) is 5.23. The first-order valence-corrected chi connectivity index (χ1v) is 8.90. The molecular formula is C17H29ClN2. The Morgan fingerprint density at radius 3 is 2.70 bits per heavy atom. The highest BCUT2D eigenvalue weighted by Gasteiger charge is 2.50. The van der Waals surface area contributed by atoms with Gasteiger partial charge in [0.2, 0.25) is 0 Å². The minimum atomic E-state index is 0.0924. The average molecular weight is 297 g/mol. The first kappa shape index (κ1) is 14.9. The summed E-state index contributed by atoms with van der Waals surface area (Å²) in [7, 11) is 0. The van der Waals surface area contributed by atoms with Gasteiger partial charge >= 0.3 is 0 Å². The summed E-state index contributed by atoms with van der Waals surface area (Å²) in [6.45, 7) is 7.31. The summed E-state index contributed by atoms with van der Waals surface area (Å²) in [5, 5.41) is 7.49. The number of rotatable bonds is 3. The van der Waals surface area contributed by atoms with Crippen LogP contribution in [0.4, 0.5) is 0 Å². The summed E-state index contributed by atoms with van der Waals surface area (Å²) >= 11 is 6.36. The number of halogens is 1. The van der Waals surface area contributed by atoms with Crippen molar-refractivity contribution in [1.29, 1.82) is 0 Å². The lowest BCUT2D eigenvalue weighted by Gasteiger charge is -2.56. The van der Waals surface area contributed by atoms with E-state index in [1.54, 1.807) is 0 Å². The number of hydrogen-bond donors (Lipinski definition) is 2. The van der Waals surface area contributed by atoms with Crippen LogP contribution in [-0.4, -0.2) is 24.1 Å². The second kappa shape index (κ2) is 6.37. The first-order valence-electron chi connectivity index (χ1n) is 8.46. The van der Waals surface area contributed by atoms with Gasteiger partial charge in [-0.3, -0.25) is 5.32 Å². The Hall–Kier alpha value is -0.0500. The van der Waals surface area contributed by atoms with Gasteiger partial charge in [-0.05, 0) is 49.4 Å². The van der Waals surface area contributed by atoms with Gasteiger partial charge in [-0.2, -0.15) is 0 Å². The van der Waals surface area contributed by atoms with E-state index in [0.29, 0.717) is 12.1 Å². The summed E-state index contributed by atoms with van der Waals surface area (Å²) in [5.74, 6) is 3.34. The van der Waals surface area contributed by atoms with Crippen molar-refractivity contribution in [2.75, 3.05) is 6.54 Å². The predicted molar refractivity (Wildman–Crippen MR) is 85.9 cm³/mol. The van der Waals surface area contributed by atoms with Gasteiger partial charge in [0.15, 0.2) is 0 Å². The van der Waals surface area contributed by atoms with Crippen molar-refractivity contribution >= 4 is 11.6 Å². The predicted octanol–water partition coefficient (Wildman–Crippen LogP) is 3.52. The molecule has 2 saturated carbocycles. The molecule has 3 aliphatic rings. The zero-order valence-corrected chi connectivity index (χ0v) is 13.4. The molecule has 3 heteroatoms. The number of alkyl halides is 1. The number of piperazine rings is 1. The summed E-state index contributed by atoms with van der Waals surface area (Å²) in [4.78, 5) is 0. The summed E-state index contributed by atoms with van der Waals surface area (Å²) in [5.41, 5.74) is 0.0924. The van der Waals surface area contributed by atoms with Gasteiger partial charge in [-0.15, -0.1) is 18.2 Å². The molecule has 0 amide bonds. The van der Waals surface area contributed by atoms with E-state index in [1.807, 2.05) is 0 Å². The molecule has 1 heterocycles. The monoisotopic (exact) mass is 296 g/mol. The molecule has 114 valence electrons. The molecular weight excluding hydrogens is 268 g/mol. The lowest BCUT2D eigenvalue weighted by atomic mass is 9.57. The number of hydrogen-bond acceptors (Lipinski definition) is 2. The van der Waals surface area contributed by atoms with Gasteiger partial charge in [0.05, 0.1) is 5.50 Å². The number of nitrogens with one attached hydrogen (secondary N) is 2. The third kappa shape index (κ3) is 2.67. The zero-order chi connectivity index (χ0) is 14.1. The van der Waals surface area contributed by atoms with E-state index in [0.717, 1.165) is 36.6 Å². The Bertz CT molecular complexity index is 346. The van der Waals surface area contributed by atoms with Crippen LogP contribution in [-0.2, 0) is 0 Å². The van der Waals surface area contributed by atoms with Crippen LogP contribution in [0.1, 0.15) is 45.4 Å². The molecule has 7 unspecified atom stereocenters. The van der Waals surface area contributed by atoms with Crippen molar-refractivity contribution < 1.29 is 0 Å². The van der Waals surface area contributed by atoms with E-state index in [9.17, 15) is 0 Å². The summed E-state index contributed by atoms with van der Waals surface area (Å²) in [6.07, 6.45) is 10.2. The molecule has 0 aromatic rings. The molecule has 0 radical (unpaired) electrons. The van der Waals surface area contributed by atoms with Crippen molar-refractivity contribution in [1.82, 2.24) is 10.6 Å². The Balaban J connectivity index is 1.82. The van der Waals surface area contributed by atoms with E-state index < -0.39 is 0 Å². The van der Waals surface area contributed by atoms with Crippen molar-refractivity contribution in [3.63, 3.8) is 0 Å². The van der Waals surface area contributed by atoms with E-state index >= 15 is 0 Å². The molecule has 2 aliphatic carbocycles. The Morgan fingerprint density at radius 1 is 1.20 bits per heavy atom. The second-order valence-corrected chi connectivity index (χ2v) is 7.62. The van der Waals surface area contributed by atoms with E-state index in [2.05, 4.69) is 30.2 Å². The topological polar surface area (TPSA) is 24.1 Å². The van der Waals surface area contributed by atoms with Crippen LogP contribution in [0, 0.1) is 23.7 Å². The molecule has 20 heavy (non-hydrogen) atoms. The van der Waals surface area contributed by atoms with Crippen molar-refractivity contribution in [2.45, 2.75) is 63.0 Å². The van der Waals surface area contributed by atoms with Gasteiger partial charge in [0, 0.05) is 18.6 Å². The van der Waals surface area contributed by atoms with Crippen LogP contribution in [0.15, 0.2) is 12.7 Å². The van der Waals surface area contributed by atoms with Crippen LogP contribution in [0.5, 0.6) is 0 Å². The van der Waals surface area contributed by atoms with E-state index in [-0.39, 0.29) is 5.50 Å². The van der Waals surface area contributed by atoms with Crippen LogP contribution < -0.4 is 10.6 Å². The maximum absolute atomic E-state index is 6.36. The van der Waals surface area contributed by atoms with Crippen LogP contribution in [0.25, 0.3) is 0 Å². The Kier molecular flexibility index (Phi) is 4.74. The molecule has 2 N–H and O–H groups in total. The molecule has 2 nitrogen and oxygen atoms in total. The zero-order valence-electron chi connectivity index (χ0n) is 12.7. The summed E-state index contributed by atoms with van der Waals surface area (Å²) in [6, 6.07) is 1.20. The van der Waals surface area contributed by atoms with Crippen LogP contribution in [0.2, 0.25) is 0 Å². The average Bonchev–Trinajstić information content (AvgIpc) is 2.47. The molecule has 0 spiro atoms. The van der Waals surface area contributed by atoms with Gasteiger partial charge in [0.25, 0.3) is 0 Å². The molecule has 0 aromatic carbocycles. The standard InChI is InChI=1S/C17H29ClN2/c1-3-4-7-13-11(2)12-8-5-6-9-14(12)16-17(13)20-15(18)10-19-16/h3,11-17,19-20H,1,4-10H2,2H3. The van der Waals surface area contributed by atoms with Gasteiger partial charge in [-0.1, -0.05) is 25.8 Å². The van der Waals surface area contributed by atoms with Crippen LogP contribution in [0.3, 0.4) is 0 Å². The molecule has 1 aliphatic heterocycles. The third-order valence-corrected chi connectivity index (χ3v) is 6.43. The molecule has 3 fully saturated rings. The minimum Gasteiger partial charge on any atom is -0.309 e. The van der Waals surface area contributed by atoms with Gasteiger partial charge in [0.1, 0.15) is 0 Å². The molecule has 7 atom stereocenters. The van der Waals surface area contributed by atoms with E-state index in [1.165, 1.54) is 32.1 Å². The Morgan fingerprint density at radius 2 is 1.95 bits per heavy atom. The Labute approximate surface area is 128 Å². The van der Waals surface area contributed by atoms with Crippen molar-refractivity contribution in [3.05, 3.63) is 12.7 Å². The lowest BCUT2D eigenvalue weighted by molar-refractivity contribution is -0.00891. The first-order chi connectivity index (χ1) is 9.72. The SMILES string of the molecule is C=CCCC1C(C)C2CCCCC2C2NCC(Cl)NC12. The fourth-order valence-corrected chi connectivity index (χ4v) is 5.46. The minimum absolute atomic E-state index is 0.0924. The smallest absolute Gasteiger partial charge is 0.0954 e. The van der Waals surface area contributed by atoms with Gasteiger partial charge in [-0.25, -0.2) is 0 Å². The second-order valence-electron chi connectivity index (χ2n) is 7.10.